The monoisotopic (exact) mass is 446 g/mol. The Morgan fingerprint density at radius 1 is 0.931 bits per heavy atom. The van der Waals surface area contributed by atoms with Crippen molar-refractivity contribution in [2.75, 3.05) is 7.11 Å². The topological polar surface area (TPSA) is 35.5 Å². The summed E-state index contributed by atoms with van der Waals surface area (Å²) in [6.45, 7) is 0.269. The standard InChI is InChI=1S/C23H17Cl3O3/c1-28-22-11-7-15(6-10-21(27)18-9-8-17(24)13-20(18)26)12-16(22)14-29-23-5-3-2-4-19(23)25/h2-13H,14H2,1H3/b10-6+. The molecule has 0 aromatic heterocycles. The van der Waals surface area contributed by atoms with Gasteiger partial charge < -0.3 is 9.47 Å². The van der Waals surface area contributed by atoms with E-state index in [1.54, 1.807) is 43.5 Å². The van der Waals surface area contributed by atoms with Crippen LogP contribution in [0.3, 0.4) is 0 Å². The summed E-state index contributed by atoms with van der Waals surface area (Å²) in [7, 11) is 1.59. The first-order valence-corrected chi connectivity index (χ1v) is 9.83. The number of para-hydroxylation sites is 1. The number of carbonyl (C=O) groups is 1. The lowest BCUT2D eigenvalue weighted by Gasteiger charge is -2.12. The summed E-state index contributed by atoms with van der Waals surface area (Å²) >= 11 is 18.1. The Bertz CT molecular complexity index is 1060. The van der Waals surface area contributed by atoms with E-state index in [-0.39, 0.29) is 12.4 Å². The van der Waals surface area contributed by atoms with Gasteiger partial charge in [0.15, 0.2) is 5.78 Å². The molecule has 0 aliphatic heterocycles. The van der Waals surface area contributed by atoms with E-state index in [9.17, 15) is 4.79 Å². The molecule has 0 aliphatic carbocycles. The number of methoxy groups -OCH3 is 1. The SMILES string of the molecule is COc1ccc(/C=C/C(=O)c2ccc(Cl)cc2Cl)cc1COc1ccccc1Cl. The molecule has 0 bridgehead atoms. The third kappa shape index (κ3) is 5.54. The molecule has 6 heteroatoms. The number of ketones is 1. The maximum Gasteiger partial charge on any atom is 0.187 e. The number of halogens is 3. The Kier molecular flexibility index (Phi) is 7.21. The number of benzene rings is 3. The van der Waals surface area contributed by atoms with Crippen LogP contribution in [0.5, 0.6) is 11.5 Å². The van der Waals surface area contributed by atoms with Crippen molar-refractivity contribution in [1.29, 1.82) is 0 Å². The summed E-state index contributed by atoms with van der Waals surface area (Å²) in [5.41, 5.74) is 2.04. The third-order valence-electron chi connectivity index (χ3n) is 4.15. The quantitative estimate of drug-likeness (QED) is 0.285. The summed E-state index contributed by atoms with van der Waals surface area (Å²) in [6.07, 6.45) is 3.18. The predicted molar refractivity (Wildman–Crippen MR) is 119 cm³/mol. The van der Waals surface area contributed by atoms with Crippen LogP contribution in [0.15, 0.2) is 66.7 Å². The fourth-order valence-electron chi connectivity index (χ4n) is 2.68. The molecule has 0 fully saturated rings. The molecule has 0 saturated heterocycles. The highest BCUT2D eigenvalue weighted by molar-refractivity contribution is 6.37. The highest BCUT2D eigenvalue weighted by atomic mass is 35.5. The van der Waals surface area contributed by atoms with Crippen LogP contribution in [0, 0.1) is 0 Å². The maximum atomic E-state index is 12.4. The lowest BCUT2D eigenvalue weighted by Crippen LogP contribution is -2.00. The van der Waals surface area contributed by atoms with Crippen LogP contribution in [-0.4, -0.2) is 12.9 Å². The second-order valence-corrected chi connectivity index (χ2v) is 7.36. The van der Waals surface area contributed by atoms with Gasteiger partial charge in [-0.25, -0.2) is 0 Å². The summed E-state index contributed by atoms with van der Waals surface area (Å²) in [5.74, 6) is 1.06. The van der Waals surface area contributed by atoms with Crippen LogP contribution in [0.2, 0.25) is 15.1 Å². The van der Waals surface area contributed by atoms with E-state index in [1.165, 1.54) is 6.08 Å². The third-order valence-corrected chi connectivity index (χ3v) is 5.01. The van der Waals surface area contributed by atoms with Crippen molar-refractivity contribution >= 4 is 46.7 Å². The Labute approximate surface area is 184 Å². The van der Waals surface area contributed by atoms with Crippen molar-refractivity contribution in [1.82, 2.24) is 0 Å². The Morgan fingerprint density at radius 3 is 2.45 bits per heavy atom. The lowest BCUT2D eigenvalue weighted by molar-refractivity contribution is 0.104. The molecule has 0 atom stereocenters. The van der Waals surface area contributed by atoms with Crippen molar-refractivity contribution < 1.29 is 14.3 Å². The van der Waals surface area contributed by atoms with E-state index < -0.39 is 0 Å². The normalized spacial score (nSPS) is 10.9. The number of hydrogen-bond acceptors (Lipinski definition) is 3. The summed E-state index contributed by atoms with van der Waals surface area (Å²) in [6, 6.07) is 17.6. The molecule has 0 unspecified atom stereocenters. The van der Waals surface area contributed by atoms with Crippen molar-refractivity contribution in [2.45, 2.75) is 6.61 Å². The first kappa shape index (κ1) is 21.3. The largest absolute Gasteiger partial charge is 0.496 e. The number of allylic oxidation sites excluding steroid dienone is 1. The number of ether oxygens (including phenoxy) is 2. The Balaban J connectivity index is 1.78. The first-order valence-electron chi connectivity index (χ1n) is 8.69. The molecule has 3 rings (SSSR count). The van der Waals surface area contributed by atoms with Crippen LogP contribution < -0.4 is 9.47 Å². The summed E-state index contributed by atoms with van der Waals surface area (Å²) in [5, 5.41) is 1.33. The summed E-state index contributed by atoms with van der Waals surface area (Å²) in [4.78, 5) is 12.4. The smallest absolute Gasteiger partial charge is 0.187 e. The van der Waals surface area contributed by atoms with Crippen LogP contribution in [0.4, 0.5) is 0 Å². The minimum atomic E-state index is -0.212. The molecule has 0 amide bonds. The van der Waals surface area contributed by atoms with Gasteiger partial charge in [0, 0.05) is 16.1 Å². The molecule has 148 valence electrons. The molecular formula is C23H17Cl3O3. The second-order valence-electron chi connectivity index (χ2n) is 6.11. The maximum absolute atomic E-state index is 12.4. The van der Waals surface area contributed by atoms with E-state index in [0.29, 0.717) is 32.1 Å². The van der Waals surface area contributed by atoms with Crippen molar-refractivity contribution in [3.8, 4) is 11.5 Å². The molecule has 0 N–H and O–H groups in total. The average molecular weight is 448 g/mol. The van der Waals surface area contributed by atoms with E-state index in [1.807, 2.05) is 30.3 Å². The molecule has 3 aromatic carbocycles. The molecule has 0 saturated carbocycles. The van der Waals surface area contributed by atoms with Gasteiger partial charge in [0.1, 0.15) is 18.1 Å². The molecule has 0 spiro atoms. The van der Waals surface area contributed by atoms with Gasteiger partial charge in [-0.3, -0.25) is 4.79 Å². The number of hydrogen-bond donors (Lipinski definition) is 0. The zero-order chi connectivity index (χ0) is 20.8. The summed E-state index contributed by atoms with van der Waals surface area (Å²) < 4.78 is 11.2. The van der Waals surface area contributed by atoms with Crippen molar-refractivity contribution in [3.05, 3.63) is 98.5 Å². The van der Waals surface area contributed by atoms with Gasteiger partial charge in [-0.2, -0.15) is 0 Å². The second kappa shape index (κ2) is 9.84. The zero-order valence-electron chi connectivity index (χ0n) is 15.5. The van der Waals surface area contributed by atoms with Crippen molar-refractivity contribution in [2.24, 2.45) is 0 Å². The van der Waals surface area contributed by atoms with Crippen LogP contribution >= 0.6 is 34.8 Å². The highest BCUT2D eigenvalue weighted by Gasteiger charge is 2.09. The number of carbonyl (C=O) groups excluding carboxylic acids is 1. The van der Waals surface area contributed by atoms with Crippen LogP contribution in [0.1, 0.15) is 21.5 Å². The molecule has 0 aliphatic rings. The van der Waals surface area contributed by atoms with E-state index in [4.69, 9.17) is 44.3 Å². The molecule has 3 nitrogen and oxygen atoms in total. The predicted octanol–water partition coefficient (Wildman–Crippen LogP) is 7.13. The minimum Gasteiger partial charge on any atom is -0.496 e. The van der Waals surface area contributed by atoms with Crippen LogP contribution in [-0.2, 0) is 6.61 Å². The van der Waals surface area contributed by atoms with Crippen molar-refractivity contribution in [3.63, 3.8) is 0 Å². The van der Waals surface area contributed by atoms with Gasteiger partial charge in [0.05, 0.1) is 17.2 Å². The average Bonchev–Trinajstić information content (AvgIpc) is 2.71. The van der Waals surface area contributed by atoms with Gasteiger partial charge in [0.25, 0.3) is 0 Å². The van der Waals surface area contributed by atoms with Crippen LogP contribution in [0.25, 0.3) is 6.08 Å². The molecule has 29 heavy (non-hydrogen) atoms. The van der Waals surface area contributed by atoms with E-state index >= 15 is 0 Å². The van der Waals surface area contributed by atoms with Gasteiger partial charge in [-0.05, 0) is 54.1 Å². The van der Waals surface area contributed by atoms with E-state index in [0.717, 1.165) is 11.1 Å². The minimum absolute atomic E-state index is 0.212. The van der Waals surface area contributed by atoms with Gasteiger partial charge in [-0.15, -0.1) is 0 Å². The van der Waals surface area contributed by atoms with E-state index in [2.05, 4.69) is 0 Å². The number of rotatable bonds is 7. The Hall–Kier alpha value is -2.46. The molecule has 0 radical (unpaired) electrons. The Morgan fingerprint density at radius 2 is 1.72 bits per heavy atom. The molecular weight excluding hydrogens is 431 g/mol. The van der Waals surface area contributed by atoms with Gasteiger partial charge in [0.2, 0.25) is 0 Å². The lowest BCUT2D eigenvalue weighted by atomic mass is 10.1. The first-order chi connectivity index (χ1) is 14.0. The highest BCUT2D eigenvalue weighted by Crippen LogP contribution is 2.27. The van der Waals surface area contributed by atoms with Gasteiger partial charge in [-0.1, -0.05) is 59.1 Å². The fraction of sp³-hybridized carbons (Fsp3) is 0.0870. The van der Waals surface area contributed by atoms with Gasteiger partial charge >= 0.3 is 0 Å². The fourth-order valence-corrected chi connectivity index (χ4v) is 3.38. The zero-order valence-corrected chi connectivity index (χ0v) is 17.8. The molecule has 0 heterocycles. The molecule has 3 aromatic rings.